The fraction of sp³-hybridized carbons (Fsp3) is 0.250. The van der Waals surface area contributed by atoms with Crippen LogP contribution in [-0.2, 0) is 4.79 Å². The van der Waals surface area contributed by atoms with E-state index < -0.39 is 5.97 Å². The van der Waals surface area contributed by atoms with Crippen molar-refractivity contribution in [1.82, 2.24) is 5.32 Å². The molecular weight excluding hydrogens is 190 g/mol. The number of aliphatic carboxylic acids is 1. The van der Waals surface area contributed by atoms with Gasteiger partial charge in [-0.15, -0.1) is 0 Å². The van der Waals surface area contributed by atoms with E-state index in [0.717, 1.165) is 11.1 Å². The van der Waals surface area contributed by atoms with Crippen LogP contribution in [0.3, 0.4) is 0 Å². The van der Waals surface area contributed by atoms with Gasteiger partial charge >= 0.3 is 5.97 Å². The molecule has 0 radical (unpaired) electrons. The largest absolute Gasteiger partial charge is 0.480 e. The molecule has 0 aliphatic rings. The van der Waals surface area contributed by atoms with Crippen LogP contribution in [0, 0.1) is 6.92 Å². The summed E-state index contributed by atoms with van der Waals surface area (Å²) in [5.41, 5.74) is 3.12. The van der Waals surface area contributed by atoms with Crippen LogP contribution in [-0.4, -0.2) is 24.2 Å². The van der Waals surface area contributed by atoms with Crippen molar-refractivity contribution in [2.45, 2.75) is 6.92 Å². The van der Waals surface area contributed by atoms with Gasteiger partial charge in [0.2, 0.25) is 0 Å². The van der Waals surface area contributed by atoms with Crippen LogP contribution in [0.15, 0.2) is 30.8 Å². The van der Waals surface area contributed by atoms with Gasteiger partial charge in [-0.25, -0.2) is 0 Å². The highest BCUT2D eigenvalue weighted by Gasteiger charge is 2.00. The summed E-state index contributed by atoms with van der Waals surface area (Å²) in [6, 6.07) is 7.98. The van der Waals surface area contributed by atoms with Crippen LogP contribution in [0.5, 0.6) is 0 Å². The first-order valence-electron chi connectivity index (χ1n) is 4.77. The third-order valence-electron chi connectivity index (χ3n) is 2.04. The Morgan fingerprint density at radius 3 is 2.80 bits per heavy atom. The summed E-state index contributed by atoms with van der Waals surface area (Å²) >= 11 is 0. The Hall–Kier alpha value is -1.61. The van der Waals surface area contributed by atoms with E-state index in [0.29, 0.717) is 6.54 Å². The Bertz CT molecular complexity index is 372. The number of hydrogen-bond acceptors (Lipinski definition) is 2. The lowest BCUT2D eigenvalue weighted by molar-refractivity contribution is -0.135. The van der Waals surface area contributed by atoms with Gasteiger partial charge in [0.05, 0.1) is 6.54 Å². The van der Waals surface area contributed by atoms with Gasteiger partial charge in [0.15, 0.2) is 0 Å². The molecule has 0 bridgehead atoms. The van der Waals surface area contributed by atoms with E-state index in [1.807, 2.05) is 31.2 Å². The van der Waals surface area contributed by atoms with E-state index in [-0.39, 0.29) is 6.54 Å². The van der Waals surface area contributed by atoms with E-state index in [9.17, 15) is 4.79 Å². The molecular formula is C12H15NO2. The second kappa shape index (κ2) is 5.32. The molecule has 0 aliphatic heterocycles. The molecule has 80 valence electrons. The Labute approximate surface area is 89.4 Å². The van der Waals surface area contributed by atoms with Gasteiger partial charge in [0.25, 0.3) is 0 Å². The monoisotopic (exact) mass is 205 g/mol. The Morgan fingerprint density at radius 2 is 2.20 bits per heavy atom. The zero-order chi connectivity index (χ0) is 11.3. The molecule has 0 unspecified atom stereocenters. The molecule has 3 nitrogen and oxygen atoms in total. The highest BCUT2D eigenvalue weighted by molar-refractivity contribution is 5.70. The highest BCUT2D eigenvalue weighted by atomic mass is 16.4. The topological polar surface area (TPSA) is 49.3 Å². The number of hydrogen-bond donors (Lipinski definition) is 2. The minimum Gasteiger partial charge on any atom is -0.480 e. The van der Waals surface area contributed by atoms with E-state index in [2.05, 4.69) is 11.9 Å². The first-order chi connectivity index (χ1) is 7.09. The molecule has 1 aromatic carbocycles. The summed E-state index contributed by atoms with van der Waals surface area (Å²) in [6.07, 6.45) is 0. The molecule has 0 saturated carbocycles. The number of aryl methyl sites for hydroxylation is 1. The van der Waals surface area contributed by atoms with Crippen molar-refractivity contribution < 1.29 is 9.90 Å². The number of carboxylic acid groups (broad SMARTS) is 1. The summed E-state index contributed by atoms with van der Waals surface area (Å²) in [4.78, 5) is 10.3. The van der Waals surface area contributed by atoms with Crippen molar-refractivity contribution in [3.05, 3.63) is 42.0 Å². The van der Waals surface area contributed by atoms with Crippen molar-refractivity contribution in [2.24, 2.45) is 0 Å². The average Bonchev–Trinajstić information content (AvgIpc) is 2.17. The molecule has 0 aliphatic carbocycles. The molecule has 1 rings (SSSR count). The van der Waals surface area contributed by atoms with Gasteiger partial charge in [-0.1, -0.05) is 36.4 Å². The van der Waals surface area contributed by atoms with Gasteiger partial charge < -0.3 is 10.4 Å². The standard InChI is InChI=1S/C12H15NO2/c1-9-4-3-5-11(6-9)10(2)7-13-8-12(14)15/h3-6,13H,2,7-8H2,1H3,(H,14,15). The molecule has 0 aromatic heterocycles. The van der Waals surface area contributed by atoms with Crippen molar-refractivity contribution in [2.75, 3.05) is 13.1 Å². The van der Waals surface area contributed by atoms with Crippen LogP contribution in [0.4, 0.5) is 0 Å². The third-order valence-corrected chi connectivity index (χ3v) is 2.04. The van der Waals surface area contributed by atoms with Gasteiger partial charge in [-0.2, -0.15) is 0 Å². The predicted molar refractivity (Wildman–Crippen MR) is 60.7 cm³/mol. The van der Waals surface area contributed by atoms with Crippen LogP contribution in [0.2, 0.25) is 0 Å². The lowest BCUT2D eigenvalue weighted by atomic mass is 10.1. The van der Waals surface area contributed by atoms with Gasteiger partial charge in [0.1, 0.15) is 0 Å². The predicted octanol–water partition coefficient (Wildman–Crippen LogP) is 1.68. The molecule has 1 aromatic rings. The lowest BCUT2D eigenvalue weighted by Crippen LogP contribution is -2.23. The van der Waals surface area contributed by atoms with Crippen molar-refractivity contribution in [3.8, 4) is 0 Å². The summed E-state index contributed by atoms with van der Waals surface area (Å²) in [7, 11) is 0. The number of carboxylic acids is 1. The van der Waals surface area contributed by atoms with Gasteiger partial charge in [0, 0.05) is 6.54 Å². The van der Waals surface area contributed by atoms with E-state index in [1.54, 1.807) is 0 Å². The number of carbonyl (C=O) groups is 1. The smallest absolute Gasteiger partial charge is 0.317 e. The average molecular weight is 205 g/mol. The van der Waals surface area contributed by atoms with E-state index in [1.165, 1.54) is 5.56 Å². The van der Waals surface area contributed by atoms with Crippen molar-refractivity contribution >= 4 is 11.5 Å². The molecule has 0 saturated heterocycles. The quantitative estimate of drug-likeness (QED) is 0.769. The maximum absolute atomic E-state index is 10.3. The fourth-order valence-corrected chi connectivity index (χ4v) is 1.29. The maximum atomic E-state index is 10.3. The zero-order valence-electron chi connectivity index (χ0n) is 8.79. The van der Waals surface area contributed by atoms with Gasteiger partial charge in [-0.05, 0) is 18.1 Å². The third kappa shape index (κ3) is 3.95. The second-order valence-electron chi connectivity index (χ2n) is 3.47. The minimum atomic E-state index is -0.855. The fourth-order valence-electron chi connectivity index (χ4n) is 1.29. The van der Waals surface area contributed by atoms with Crippen LogP contribution in [0.25, 0.3) is 5.57 Å². The molecule has 0 spiro atoms. The first-order valence-corrected chi connectivity index (χ1v) is 4.77. The number of nitrogens with one attached hydrogen (secondary N) is 1. The van der Waals surface area contributed by atoms with Crippen molar-refractivity contribution in [1.29, 1.82) is 0 Å². The number of benzene rings is 1. The zero-order valence-corrected chi connectivity index (χ0v) is 8.79. The summed E-state index contributed by atoms with van der Waals surface area (Å²) in [5, 5.41) is 11.3. The molecule has 0 heterocycles. The minimum absolute atomic E-state index is 0.0369. The molecule has 3 heteroatoms. The van der Waals surface area contributed by atoms with E-state index in [4.69, 9.17) is 5.11 Å². The van der Waals surface area contributed by atoms with Crippen molar-refractivity contribution in [3.63, 3.8) is 0 Å². The van der Waals surface area contributed by atoms with E-state index >= 15 is 0 Å². The Balaban J connectivity index is 2.50. The molecule has 2 N–H and O–H groups in total. The lowest BCUT2D eigenvalue weighted by Gasteiger charge is -2.07. The Morgan fingerprint density at radius 1 is 1.47 bits per heavy atom. The summed E-state index contributed by atoms with van der Waals surface area (Å²) < 4.78 is 0. The van der Waals surface area contributed by atoms with Crippen LogP contribution < -0.4 is 5.32 Å². The van der Waals surface area contributed by atoms with Crippen LogP contribution in [0.1, 0.15) is 11.1 Å². The second-order valence-corrected chi connectivity index (χ2v) is 3.47. The highest BCUT2D eigenvalue weighted by Crippen LogP contribution is 2.12. The van der Waals surface area contributed by atoms with Crippen LogP contribution >= 0.6 is 0 Å². The number of rotatable bonds is 5. The molecule has 0 fully saturated rings. The molecule has 15 heavy (non-hydrogen) atoms. The summed E-state index contributed by atoms with van der Waals surface area (Å²) in [5.74, 6) is -0.855. The molecule has 0 atom stereocenters. The Kier molecular flexibility index (Phi) is 4.06. The maximum Gasteiger partial charge on any atom is 0.317 e. The first kappa shape index (κ1) is 11.5. The SMILES string of the molecule is C=C(CNCC(=O)O)c1cccc(C)c1. The summed E-state index contributed by atoms with van der Waals surface area (Å²) in [6.45, 7) is 6.38. The van der Waals surface area contributed by atoms with Gasteiger partial charge in [-0.3, -0.25) is 4.79 Å². The molecule has 0 amide bonds. The normalized spacial score (nSPS) is 9.93.